The van der Waals surface area contributed by atoms with Gasteiger partial charge in [0.15, 0.2) is 5.78 Å². The molecule has 45 heavy (non-hydrogen) atoms. The Bertz CT molecular complexity index is 1660. The number of hydrogen-bond donors (Lipinski definition) is 1. The van der Waals surface area contributed by atoms with Gasteiger partial charge in [0.1, 0.15) is 0 Å². The van der Waals surface area contributed by atoms with Crippen molar-refractivity contribution in [1.82, 2.24) is 4.98 Å². The van der Waals surface area contributed by atoms with Crippen molar-refractivity contribution in [3.8, 4) is 11.3 Å². The Hall–Kier alpha value is -2.81. The number of aliphatic hydroxyl groups excluding tert-OH is 1. The van der Waals surface area contributed by atoms with Gasteiger partial charge in [0.05, 0.1) is 5.76 Å². The fourth-order valence-corrected chi connectivity index (χ4v) is 7.46. The Labute approximate surface area is 284 Å². The molecular weight excluding hydrogens is 731 g/mol. The van der Waals surface area contributed by atoms with Crippen molar-refractivity contribution in [2.24, 2.45) is 11.8 Å². The van der Waals surface area contributed by atoms with Crippen LogP contribution in [-0.2, 0) is 30.3 Å². The minimum atomic E-state index is -0.0607. The van der Waals surface area contributed by atoms with Crippen LogP contribution < -0.4 is 0 Å². The van der Waals surface area contributed by atoms with Crippen LogP contribution in [0, 0.1) is 17.9 Å². The zero-order valence-electron chi connectivity index (χ0n) is 28.0. The molecule has 0 aliphatic heterocycles. The van der Waals surface area contributed by atoms with Gasteiger partial charge in [0, 0.05) is 49.9 Å². The molecular formula is C41H50IrNO2-. The maximum Gasteiger partial charge on any atom is 0.162 e. The van der Waals surface area contributed by atoms with Gasteiger partial charge in [-0.2, -0.15) is 0 Å². The van der Waals surface area contributed by atoms with Gasteiger partial charge in [-0.25, -0.2) is 0 Å². The van der Waals surface area contributed by atoms with Gasteiger partial charge >= 0.3 is 0 Å². The van der Waals surface area contributed by atoms with Crippen LogP contribution >= 0.6 is 0 Å². The number of aliphatic hydroxyl groups is 1. The molecule has 1 radical (unpaired) electrons. The van der Waals surface area contributed by atoms with E-state index in [4.69, 9.17) is 4.98 Å². The number of rotatable bonds is 8. The van der Waals surface area contributed by atoms with Crippen molar-refractivity contribution in [2.45, 2.75) is 111 Å². The molecule has 241 valence electrons. The van der Waals surface area contributed by atoms with E-state index in [1.807, 2.05) is 33.9 Å². The Morgan fingerprint density at radius 3 is 2.24 bits per heavy atom. The van der Waals surface area contributed by atoms with Crippen LogP contribution in [0.15, 0.2) is 66.6 Å². The van der Waals surface area contributed by atoms with Gasteiger partial charge in [-0.3, -0.25) is 9.78 Å². The van der Waals surface area contributed by atoms with Crippen molar-refractivity contribution in [3.05, 3.63) is 89.3 Å². The second-order valence-corrected chi connectivity index (χ2v) is 13.4. The number of carbonyl (C=O) groups excluding carboxylic acids is 1. The molecule has 3 aromatic carbocycles. The third-order valence-corrected chi connectivity index (χ3v) is 10.4. The summed E-state index contributed by atoms with van der Waals surface area (Å²) in [6.07, 6.45) is 13.7. The molecule has 4 aromatic rings. The maximum atomic E-state index is 11.7. The molecule has 1 aromatic heterocycles. The molecule has 0 saturated heterocycles. The van der Waals surface area contributed by atoms with Crippen LogP contribution in [0.2, 0.25) is 0 Å². The van der Waals surface area contributed by atoms with Crippen molar-refractivity contribution < 1.29 is 30.0 Å². The molecule has 2 aliphatic carbocycles. The molecule has 0 amide bonds. The number of nitrogens with zero attached hydrogens (tertiary/aromatic N) is 1. The molecule has 6 rings (SSSR count). The smallest absolute Gasteiger partial charge is 0.162 e. The van der Waals surface area contributed by atoms with E-state index in [1.165, 1.54) is 82.0 Å². The first-order valence-corrected chi connectivity index (χ1v) is 17.1. The van der Waals surface area contributed by atoms with Gasteiger partial charge in [-0.05, 0) is 77.8 Å². The summed E-state index contributed by atoms with van der Waals surface area (Å²) in [5.74, 6) is 1.26. The van der Waals surface area contributed by atoms with E-state index in [-0.39, 0.29) is 48.9 Å². The molecule has 0 atom stereocenters. The van der Waals surface area contributed by atoms with E-state index in [2.05, 4.69) is 68.4 Å². The zero-order chi connectivity index (χ0) is 31.4. The normalized spacial score (nSPS) is 15.9. The number of hydrogen-bond acceptors (Lipinski definition) is 3. The molecule has 0 unspecified atom stereocenters. The summed E-state index contributed by atoms with van der Waals surface area (Å²) in [5.41, 5.74) is 6.55. The molecule has 1 N–H and O–H groups in total. The first kappa shape index (κ1) is 35.1. The Morgan fingerprint density at radius 2 is 1.58 bits per heavy atom. The summed E-state index contributed by atoms with van der Waals surface area (Å²) in [4.78, 5) is 16.6. The molecule has 1 saturated carbocycles. The minimum absolute atomic E-state index is 0. The summed E-state index contributed by atoms with van der Waals surface area (Å²) < 4.78 is 0. The summed E-state index contributed by atoms with van der Waals surface area (Å²) in [5, 5.41) is 14.9. The van der Waals surface area contributed by atoms with E-state index >= 15 is 0 Å². The number of fused-ring (bicyclic) bond motifs is 3. The van der Waals surface area contributed by atoms with Crippen LogP contribution in [0.25, 0.3) is 32.8 Å². The van der Waals surface area contributed by atoms with Crippen LogP contribution in [0.5, 0.6) is 0 Å². The number of aromatic nitrogens is 1. The maximum absolute atomic E-state index is 11.7. The first-order chi connectivity index (χ1) is 21.2. The SMILES string of the molecule is CC1(C)c2cc3ccccc3[c-]c2-c2nccc3cc(C4CCCCC4)cc1c23.CCC(CC)C(=O)/C=C(\O)C(CC)CC.[Ir]. The van der Waals surface area contributed by atoms with Crippen LogP contribution in [0.1, 0.15) is 122 Å². The average molecular weight is 781 g/mol. The predicted molar refractivity (Wildman–Crippen MR) is 185 cm³/mol. The summed E-state index contributed by atoms with van der Waals surface area (Å²) in [7, 11) is 0. The number of carbonyl (C=O) groups is 1. The Morgan fingerprint density at radius 1 is 0.911 bits per heavy atom. The number of pyridine rings is 1. The molecule has 2 aliphatic rings. The van der Waals surface area contributed by atoms with Crippen LogP contribution in [-0.4, -0.2) is 15.9 Å². The standard InChI is InChI=1S/C28H26N.C13H24O2.Ir/c1-28(2)24-16-20-11-7-6-10-19(20)15-23(24)27-26-21(12-13-29-27)14-22(17-25(26)28)18-8-4-3-5-9-18;1-5-10(6-2)12(14)9-13(15)11(7-3)8-4;/h6-7,10-14,16-18H,3-5,8-9H2,1-2H3;9-11,14H,5-8H2,1-4H3;/q-1;;/b;12-9-;. The Kier molecular flexibility index (Phi) is 11.8. The van der Waals surface area contributed by atoms with E-state index in [0.29, 0.717) is 5.92 Å². The van der Waals surface area contributed by atoms with Gasteiger partial charge in [-0.15, -0.1) is 23.6 Å². The minimum Gasteiger partial charge on any atom is -0.512 e. The van der Waals surface area contributed by atoms with E-state index < -0.39 is 0 Å². The number of allylic oxidation sites excluding steroid dienone is 2. The van der Waals surface area contributed by atoms with E-state index in [9.17, 15) is 9.90 Å². The molecule has 0 bridgehead atoms. The molecule has 0 spiro atoms. The van der Waals surface area contributed by atoms with Crippen molar-refractivity contribution in [2.75, 3.05) is 0 Å². The zero-order valence-corrected chi connectivity index (χ0v) is 30.4. The topological polar surface area (TPSA) is 50.2 Å². The molecule has 4 heteroatoms. The second-order valence-electron chi connectivity index (χ2n) is 13.4. The number of ketones is 1. The van der Waals surface area contributed by atoms with E-state index in [0.717, 1.165) is 31.4 Å². The summed E-state index contributed by atoms with van der Waals surface area (Å²) in [6, 6.07) is 21.8. The molecule has 1 fully saturated rings. The Balaban J connectivity index is 0.000000249. The molecule has 3 nitrogen and oxygen atoms in total. The van der Waals surface area contributed by atoms with Crippen LogP contribution in [0.3, 0.4) is 0 Å². The van der Waals surface area contributed by atoms with Gasteiger partial charge in [0.2, 0.25) is 0 Å². The fourth-order valence-electron chi connectivity index (χ4n) is 7.46. The molecule has 1 heterocycles. The van der Waals surface area contributed by atoms with Crippen molar-refractivity contribution >= 4 is 27.3 Å². The average Bonchev–Trinajstić information content (AvgIpc) is 3.04. The predicted octanol–water partition coefficient (Wildman–Crippen LogP) is 11.4. The van der Waals surface area contributed by atoms with Gasteiger partial charge < -0.3 is 5.11 Å². The van der Waals surface area contributed by atoms with Gasteiger partial charge in [0.25, 0.3) is 0 Å². The summed E-state index contributed by atoms with van der Waals surface area (Å²) >= 11 is 0. The third kappa shape index (κ3) is 7.13. The third-order valence-electron chi connectivity index (χ3n) is 10.4. The quantitative estimate of drug-likeness (QED) is 0.110. The van der Waals surface area contributed by atoms with Crippen molar-refractivity contribution in [3.63, 3.8) is 0 Å². The largest absolute Gasteiger partial charge is 0.512 e. The monoisotopic (exact) mass is 781 g/mol. The van der Waals surface area contributed by atoms with Crippen molar-refractivity contribution in [1.29, 1.82) is 0 Å². The second kappa shape index (κ2) is 15.2. The number of benzene rings is 3. The summed E-state index contributed by atoms with van der Waals surface area (Å²) in [6.45, 7) is 12.8. The van der Waals surface area contributed by atoms with E-state index in [1.54, 1.807) is 0 Å². The van der Waals surface area contributed by atoms with Crippen LogP contribution in [0.4, 0.5) is 0 Å². The fraction of sp³-hybridized carbons (Fsp3) is 0.463. The first-order valence-electron chi connectivity index (χ1n) is 17.1. The van der Waals surface area contributed by atoms with Gasteiger partial charge in [-0.1, -0.05) is 108 Å².